The number of nitrogens with zero attached hydrogens (tertiary/aromatic N) is 2. The molecule has 1 atom stereocenters. The minimum atomic E-state index is -0.437. The summed E-state index contributed by atoms with van der Waals surface area (Å²) < 4.78 is 15.6. The van der Waals surface area contributed by atoms with Gasteiger partial charge in [0.15, 0.2) is 0 Å². The Balaban J connectivity index is 2.00. The average molecular weight is 351 g/mol. The first-order valence-electron chi connectivity index (χ1n) is 6.28. The van der Waals surface area contributed by atoms with E-state index in [4.69, 9.17) is 23.2 Å². The summed E-state index contributed by atoms with van der Waals surface area (Å²) in [5.74, 6) is 4.17. The Labute approximate surface area is 135 Å². The number of halogens is 3. The van der Waals surface area contributed by atoms with Gasteiger partial charge in [0.1, 0.15) is 11.6 Å². The lowest BCUT2D eigenvalue weighted by Crippen LogP contribution is -2.21. The van der Waals surface area contributed by atoms with E-state index in [-0.39, 0.29) is 5.02 Å². The van der Waals surface area contributed by atoms with E-state index in [0.29, 0.717) is 16.6 Å². The molecule has 20 heavy (non-hydrogen) atoms. The molecule has 0 N–H and O–H groups in total. The Morgan fingerprint density at radius 3 is 2.95 bits per heavy atom. The standard InChI is InChI=1S/C13H13Cl2FN2S2/c14-5-13-17-11-4-10(16)9(15)3-12(11)18(13)6-8-7-19-1-2-20-8/h3-4,8H,1-2,5-7H2. The highest BCUT2D eigenvalue weighted by atomic mass is 35.5. The number of aromatic nitrogens is 2. The van der Waals surface area contributed by atoms with Gasteiger partial charge in [0.25, 0.3) is 0 Å². The maximum absolute atomic E-state index is 13.5. The third kappa shape index (κ3) is 2.91. The summed E-state index contributed by atoms with van der Waals surface area (Å²) in [4.78, 5) is 4.41. The molecule has 2 nitrogen and oxygen atoms in total. The molecule has 0 amide bonds. The summed E-state index contributed by atoms with van der Waals surface area (Å²) in [6, 6.07) is 3.03. The average Bonchev–Trinajstić information content (AvgIpc) is 2.78. The molecular weight excluding hydrogens is 338 g/mol. The van der Waals surface area contributed by atoms with E-state index in [1.807, 2.05) is 23.5 Å². The summed E-state index contributed by atoms with van der Waals surface area (Å²) in [5, 5.41) is 0.669. The Bertz CT molecular complexity index is 626. The fourth-order valence-electron chi connectivity index (χ4n) is 2.32. The Kier molecular flexibility index (Phi) is 4.70. The van der Waals surface area contributed by atoms with Crippen LogP contribution < -0.4 is 0 Å². The van der Waals surface area contributed by atoms with Crippen molar-refractivity contribution in [1.82, 2.24) is 9.55 Å². The second-order valence-corrected chi connectivity index (χ2v) is 7.83. The van der Waals surface area contributed by atoms with Crippen molar-refractivity contribution in [2.45, 2.75) is 17.7 Å². The van der Waals surface area contributed by atoms with Crippen LogP contribution in [-0.2, 0) is 12.4 Å². The van der Waals surface area contributed by atoms with Crippen LogP contribution in [0.3, 0.4) is 0 Å². The van der Waals surface area contributed by atoms with Gasteiger partial charge >= 0.3 is 0 Å². The van der Waals surface area contributed by atoms with Gasteiger partial charge in [-0.25, -0.2) is 9.37 Å². The Morgan fingerprint density at radius 2 is 2.25 bits per heavy atom. The number of thioether (sulfide) groups is 2. The van der Waals surface area contributed by atoms with Crippen molar-refractivity contribution in [3.63, 3.8) is 0 Å². The van der Waals surface area contributed by atoms with Crippen molar-refractivity contribution in [2.24, 2.45) is 0 Å². The zero-order valence-electron chi connectivity index (χ0n) is 10.6. The highest BCUT2D eigenvalue weighted by molar-refractivity contribution is 8.06. The fraction of sp³-hybridized carbons (Fsp3) is 0.462. The van der Waals surface area contributed by atoms with Gasteiger partial charge in [-0.1, -0.05) is 11.6 Å². The first-order valence-corrected chi connectivity index (χ1v) is 9.40. The molecule has 1 aromatic heterocycles. The van der Waals surface area contributed by atoms with Gasteiger partial charge < -0.3 is 4.57 Å². The van der Waals surface area contributed by atoms with Gasteiger partial charge in [-0.05, 0) is 6.07 Å². The molecule has 3 rings (SSSR count). The van der Waals surface area contributed by atoms with Crippen LogP contribution in [0.25, 0.3) is 11.0 Å². The van der Waals surface area contributed by atoms with Gasteiger partial charge in [-0.3, -0.25) is 0 Å². The van der Waals surface area contributed by atoms with Gasteiger partial charge in [-0.2, -0.15) is 23.5 Å². The molecule has 0 saturated carbocycles. The smallest absolute Gasteiger partial charge is 0.144 e. The Hall–Kier alpha value is -0.100. The van der Waals surface area contributed by atoms with Crippen LogP contribution in [-0.4, -0.2) is 32.1 Å². The molecule has 1 saturated heterocycles. The zero-order valence-corrected chi connectivity index (χ0v) is 13.8. The monoisotopic (exact) mass is 350 g/mol. The predicted molar refractivity (Wildman–Crippen MR) is 87.8 cm³/mol. The molecule has 1 aliphatic rings. The molecule has 108 valence electrons. The molecule has 0 aliphatic carbocycles. The SMILES string of the molecule is Fc1cc2nc(CCl)n(CC3CSCCS3)c2cc1Cl. The van der Waals surface area contributed by atoms with Crippen molar-refractivity contribution in [2.75, 3.05) is 17.3 Å². The maximum Gasteiger partial charge on any atom is 0.144 e. The van der Waals surface area contributed by atoms with E-state index in [0.717, 1.165) is 23.6 Å². The number of rotatable bonds is 3. The molecule has 1 fully saturated rings. The lowest BCUT2D eigenvalue weighted by Gasteiger charge is -2.22. The van der Waals surface area contributed by atoms with Gasteiger partial charge in [-0.15, -0.1) is 11.6 Å². The molecular formula is C13H13Cl2FN2S2. The predicted octanol–water partition coefficient (Wildman–Crippen LogP) is 4.42. The topological polar surface area (TPSA) is 17.8 Å². The third-order valence-corrected chi connectivity index (χ3v) is 6.62. The maximum atomic E-state index is 13.5. The number of fused-ring (bicyclic) bond motifs is 1. The minimum absolute atomic E-state index is 0.130. The van der Waals surface area contributed by atoms with Crippen LogP contribution in [0, 0.1) is 5.82 Å². The van der Waals surface area contributed by atoms with E-state index in [1.54, 1.807) is 6.07 Å². The lowest BCUT2D eigenvalue weighted by atomic mass is 10.3. The van der Waals surface area contributed by atoms with Crippen molar-refractivity contribution < 1.29 is 4.39 Å². The summed E-state index contributed by atoms with van der Waals surface area (Å²) in [6.45, 7) is 0.845. The van der Waals surface area contributed by atoms with Crippen LogP contribution in [0.4, 0.5) is 4.39 Å². The summed E-state index contributed by atoms with van der Waals surface area (Å²) in [6.07, 6.45) is 0. The van der Waals surface area contributed by atoms with E-state index in [9.17, 15) is 4.39 Å². The van der Waals surface area contributed by atoms with Crippen LogP contribution in [0.1, 0.15) is 5.82 Å². The number of hydrogen-bond donors (Lipinski definition) is 0. The molecule has 1 aromatic carbocycles. The fourth-order valence-corrected chi connectivity index (χ4v) is 5.34. The van der Waals surface area contributed by atoms with Gasteiger partial charge in [0.05, 0.1) is 21.9 Å². The number of benzene rings is 1. The van der Waals surface area contributed by atoms with Crippen molar-refractivity contribution >= 4 is 57.8 Å². The molecule has 0 radical (unpaired) electrons. The van der Waals surface area contributed by atoms with Crippen molar-refractivity contribution in [1.29, 1.82) is 0 Å². The van der Waals surface area contributed by atoms with Crippen LogP contribution in [0.15, 0.2) is 12.1 Å². The molecule has 1 aliphatic heterocycles. The van der Waals surface area contributed by atoms with E-state index in [2.05, 4.69) is 9.55 Å². The normalized spacial score (nSPS) is 19.6. The largest absolute Gasteiger partial charge is 0.326 e. The van der Waals surface area contributed by atoms with E-state index >= 15 is 0 Å². The molecule has 1 unspecified atom stereocenters. The van der Waals surface area contributed by atoms with Gasteiger partial charge in [0, 0.05) is 35.1 Å². The van der Waals surface area contributed by atoms with Crippen LogP contribution in [0.2, 0.25) is 5.02 Å². The van der Waals surface area contributed by atoms with Gasteiger partial charge in [0.2, 0.25) is 0 Å². The second kappa shape index (κ2) is 6.34. The van der Waals surface area contributed by atoms with E-state index < -0.39 is 5.82 Å². The molecule has 2 heterocycles. The van der Waals surface area contributed by atoms with Crippen molar-refractivity contribution in [3.05, 3.63) is 28.8 Å². The first-order chi connectivity index (χ1) is 9.69. The zero-order chi connectivity index (χ0) is 14.1. The van der Waals surface area contributed by atoms with E-state index in [1.165, 1.54) is 17.6 Å². The number of hydrogen-bond acceptors (Lipinski definition) is 3. The van der Waals surface area contributed by atoms with Crippen LogP contribution >= 0.6 is 46.7 Å². The van der Waals surface area contributed by atoms with Crippen molar-refractivity contribution in [3.8, 4) is 0 Å². The van der Waals surface area contributed by atoms with Crippen LogP contribution in [0.5, 0.6) is 0 Å². The Morgan fingerprint density at radius 1 is 1.40 bits per heavy atom. The first kappa shape index (κ1) is 14.8. The molecule has 7 heteroatoms. The number of imidazole rings is 1. The second-order valence-electron chi connectivity index (χ2n) is 4.60. The minimum Gasteiger partial charge on any atom is -0.326 e. The highest BCUT2D eigenvalue weighted by Crippen LogP contribution is 2.29. The third-order valence-electron chi connectivity index (χ3n) is 3.26. The molecule has 0 spiro atoms. The lowest BCUT2D eigenvalue weighted by molar-refractivity contribution is 0.629. The summed E-state index contributed by atoms with van der Waals surface area (Å²) in [5.41, 5.74) is 1.49. The molecule has 0 bridgehead atoms. The number of alkyl halides is 1. The molecule has 2 aromatic rings. The summed E-state index contributed by atoms with van der Waals surface area (Å²) in [7, 11) is 0. The quantitative estimate of drug-likeness (QED) is 0.763. The highest BCUT2D eigenvalue weighted by Gasteiger charge is 2.19. The summed E-state index contributed by atoms with van der Waals surface area (Å²) >= 11 is 15.8.